The fourth-order valence-corrected chi connectivity index (χ4v) is 4.84. The van der Waals surface area contributed by atoms with Crippen LogP contribution in [0.25, 0.3) is 32.6 Å². The van der Waals surface area contributed by atoms with Gasteiger partial charge >= 0.3 is 0 Å². The number of aromatic nitrogens is 3. The van der Waals surface area contributed by atoms with Crippen molar-refractivity contribution in [3.63, 3.8) is 0 Å². The van der Waals surface area contributed by atoms with Gasteiger partial charge in [-0.05, 0) is 22.6 Å². The minimum Gasteiger partial charge on any atom is -0.302 e. The van der Waals surface area contributed by atoms with E-state index in [2.05, 4.69) is 39.6 Å². The average molecular weight is 459 g/mol. The molecule has 0 saturated carbocycles. The maximum atomic E-state index is 12.4. The van der Waals surface area contributed by atoms with Gasteiger partial charge in [0.25, 0.3) is 5.56 Å². The number of amides is 1. The number of nitrogens with zero attached hydrogens (tertiary/aromatic N) is 3. The van der Waals surface area contributed by atoms with Gasteiger partial charge in [0.2, 0.25) is 5.91 Å². The second kappa shape index (κ2) is 8.86. The first kappa shape index (κ1) is 20.3. The predicted octanol–water partition coefficient (Wildman–Crippen LogP) is 5.28. The number of benzene rings is 2. The number of thiazole rings is 1. The quantitative estimate of drug-likeness (QED) is 0.376. The van der Waals surface area contributed by atoms with Crippen molar-refractivity contribution in [1.82, 2.24) is 14.5 Å². The van der Waals surface area contributed by atoms with Crippen LogP contribution in [0.2, 0.25) is 0 Å². The maximum Gasteiger partial charge on any atom is 0.262 e. The van der Waals surface area contributed by atoms with Crippen molar-refractivity contribution >= 4 is 43.9 Å². The molecule has 8 heteroatoms. The topological polar surface area (TPSA) is 76.9 Å². The van der Waals surface area contributed by atoms with E-state index in [9.17, 15) is 9.59 Å². The van der Waals surface area contributed by atoms with Gasteiger partial charge in [-0.15, -0.1) is 22.7 Å². The van der Waals surface area contributed by atoms with Gasteiger partial charge in [-0.25, -0.2) is 9.97 Å². The Morgan fingerprint density at radius 1 is 0.938 bits per heavy atom. The fourth-order valence-electron chi connectivity index (χ4n) is 3.38. The highest BCUT2D eigenvalue weighted by molar-refractivity contribution is 7.16. The predicted molar refractivity (Wildman–Crippen MR) is 130 cm³/mol. The first-order chi connectivity index (χ1) is 15.7. The highest BCUT2D eigenvalue weighted by atomic mass is 32.1. The molecule has 0 aliphatic rings. The molecule has 0 saturated heterocycles. The zero-order valence-electron chi connectivity index (χ0n) is 16.9. The summed E-state index contributed by atoms with van der Waals surface area (Å²) in [6.07, 6.45) is 1.66. The third kappa shape index (κ3) is 4.23. The third-order valence-corrected chi connectivity index (χ3v) is 6.65. The Bertz CT molecular complexity index is 1440. The second-order valence-corrected chi connectivity index (χ2v) is 8.91. The van der Waals surface area contributed by atoms with E-state index in [0.717, 1.165) is 22.4 Å². The monoisotopic (exact) mass is 458 g/mol. The molecule has 0 unspecified atom stereocenters. The van der Waals surface area contributed by atoms with E-state index in [-0.39, 0.29) is 24.4 Å². The smallest absolute Gasteiger partial charge is 0.262 e. The maximum absolute atomic E-state index is 12.4. The van der Waals surface area contributed by atoms with Crippen molar-refractivity contribution in [2.75, 3.05) is 5.32 Å². The molecule has 0 fully saturated rings. The van der Waals surface area contributed by atoms with E-state index >= 15 is 0 Å². The van der Waals surface area contributed by atoms with Gasteiger partial charge < -0.3 is 5.32 Å². The van der Waals surface area contributed by atoms with Crippen molar-refractivity contribution in [2.24, 2.45) is 0 Å². The van der Waals surface area contributed by atoms with Gasteiger partial charge in [-0.1, -0.05) is 54.6 Å². The summed E-state index contributed by atoms with van der Waals surface area (Å²) in [6, 6.07) is 20.2. The van der Waals surface area contributed by atoms with Crippen molar-refractivity contribution in [2.45, 2.75) is 13.0 Å². The summed E-state index contributed by atoms with van der Waals surface area (Å²) in [5, 5.41) is 7.71. The van der Waals surface area contributed by atoms with Crippen molar-refractivity contribution in [1.29, 1.82) is 0 Å². The van der Waals surface area contributed by atoms with Crippen molar-refractivity contribution in [3.05, 3.63) is 88.1 Å². The standard InChI is InChI=1S/C24H18N4O2S2/c29-21(10-12-28-15-25-22-19(23(28)30)11-13-31-22)27-24-26-20(14-32-24)18-8-6-17(7-9-18)16-4-2-1-3-5-16/h1-9,11,13-15H,10,12H2,(H,26,27,29). The number of thiophene rings is 1. The van der Waals surface area contributed by atoms with E-state index in [4.69, 9.17) is 0 Å². The highest BCUT2D eigenvalue weighted by Crippen LogP contribution is 2.27. The summed E-state index contributed by atoms with van der Waals surface area (Å²) in [7, 11) is 0. The first-order valence-corrected chi connectivity index (χ1v) is 11.8. The minimum atomic E-state index is -0.192. The Kier molecular flexibility index (Phi) is 5.62. The molecule has 2 aromatic carbocycles. The lowest BCUT2D eigenvalue weighted by atomic mass is 10.0. The molecule has 5 aromatic rings. The van der Waals surface area contributed by atoms with Gasteiger partial charge in [0.05, 0.1) is 17.4 Å². The summed E-state index contributed by atoms with van der Waals surface area (Å²) in [5.74, 6) is -0.192. The Labute approximate surface area is 191 Å². The summed E-state index contributed by atoms with van der Waals surface area (Å²) < 4.78 is 1.47. The van der Waals surface area contributed by atoms with Gasteiger partial charge in [-0.2, -0.15) is 0 Å². The van der Waals surface area contributed by atoms with Crippen molar-refractivity contribution in [3.8, 4) is 22.4 Å². The molecule has 32 heavy (non-hydrogen) atoms. The average Bonchev–Trinajstić information content (AvgIpc) is 3.49. The van der Waals surface area contributed by atoms with Crippen LogP contribution in [-0.4, -0.2) is 20.4 Å². The zero-order chi connectivity index (χ0) is 21.9. The molecule has 1 N–H and O–H groups in total. The lowest BCUT2D eigenvalue weighted by molar-refractivity contribution is -0.116. The molecule has 0 atom stereocenters. The Morgan fingerprint density at radius 3 is 2.50 bits per heavy atom. The van der Waals surface area contributed by atoms with E-state index in [1.165, 1.54) is 33.6 Å². The molecule has 0 aliphatic carbocycles. The molecule has 5 rings (SSSR count). The van der Waals surface area contributed by atoms with Crippen LogP contribution in [-0.2, 0) is 11.3 Å². The Morgan fingerprint density at radius 2 is 1.69 bits per heavy atom. The zero-order valence-corrected chi connectivity index (χ0v) is 18.5. The van der Waals surface area contributed by atoms with Crippen molar-refractivity contribution < 1.29 is 4.79 Å². The molecule has 0 spiro atoms. The van der Waals surface area contributed by atoms with E-state index in [0.29, 0.717) is 15.3 Å². The largest absolute Gasteiger partial charge is 0.302 e. The summed E-state index contributed by atoms with van der Waals surface area (Å²) in [5.41, 5.74) is 3.98. The van der Waals surface area contributed by atoms with E-state index < -0.39 is 0 Å². The highest BCUT2D eigenvalue weighted by Gasteiger charge is 2.10. The summed E-state index contributed by atoms with van der Waals surface area (Å²) in [4.78, 5) is 34.3. The van der Waals surface area contributed by atoms with Crippen LogP contribution < -0.4 is 10.9 Å². The Balaban J connectivity index is 1.22. The molecule has 0 bridgehead atoms. The van der Waals surface area contributed by atoms with Gasteiger partial charge in [0.1, 0.15) is 4.83 Å². The lowest BCUT2D eigenvalue weighted by Crippen LogP contribution is -2.23. The Hall–Kier alpha value is -3.62. The SMILES string of the molecule is O=C(CCn1cnc2sccc2c1=O)Nc1nc(-c2ccc(-c3ccccc3)cc2)cs1. The normalized spacial score (nSPS) is 11.0. The number of aryl methyl sites for hydroxylation is 1. The summed E-state index contributed by atoms with van der Waals surface area (Å²) in [6.45, 7) is 0.267. The number of fused-ring (bicyclic) bond motifs is 1. The fraction of sp³-hybridized carbons (Fsp3) is 0.0833. The first-order valence-electron chi connectivity index (χ1n) is 10.0. The van der Waals surface area contributed by atoms with Crippen LogP contribution >= 0.6 is 22.7 Å². The number of carbonyl (C=O) groups excluding carboxylic acids is 1. The number of hydrogen-bond acceptors (Lipinski definition) is 6. The molecule has 1 amide bonds. The van der Waals surface area contributed by atoms with Gasteiger partial charge in [0, 0.05) is 23.9 Å². The minimum absolute atomic E-state index is 0.125. The lowest BCUT2D eigenvalue weighted by Gasteiger charge is -2.05. The second-order valence-electron chi connectivity index (χ2n) is 7.16. The van der Waals surface area contributed by atoms with Crippen LogP contribution in [0.5, 0.6) is 0 Å². The number of nitrogens with one attached hydrogen (secondary N) is 1. The molecule has 3 heterocycles. The molecule has 0 aliphatic heterocycles. The van der Waals surface area contributed by atoms with Crippen LogP contribution in [0.4, 0.5) is 5.13 Å². The molecular formula is C24H18N4O2S2. The molecule has 3 aromatic heterocycles. The molecule has 6 nitrogen and oxygen atoms in total. The molecule has 0 radical (unpaired) electrons. The van der Waals surface area contributed by atoms with E-state index in [1.807, 2.05) is 41.1 Å². The van der Waals surface area contributed by atoms with Gasteiger partial charge in [0.15, 0.2) is 5.13 Å². The number of rotatable bonds is 6. The van der Waals surface area contributed by atoms with Crippen LogP contribution in [0, 0.1) is 0 Å². The van der Waals surface area contributed by atoms with Crippen LogP contribution in [0.3, 0.4) is 0 Å². The van der Waals surface area contributed by atoms with Crippen LogP contribution in [0.1, 0.15) is 6.42 Å². The number of hydrogen-bond donors (Lipinski definition) is 1. The van der Waals surface area contributed by atoms with Crippen LogP contribution in [0.15, 0.2) is 82.5 Å². The third-order valence-electron chi connectivity index (χ3n) is 5.07. The summed E-state index contributed by atoms with van der Waals surface area (Å²) >= 11 is 2.80. The molecular weight excluding hydrogens is 440 g/mol. The van der Waals surface area contributed by atoms with E-state index in [1.54, 1.807) is 6.07 Å². The van der Waals surface area contributed by atoms with Gasteiger partial charge in [-0.3, -0.25) is 14.2 Å². The number of anilines is 1. The number of carbonyl (C=O) groups is 1. The molecule has 158 valence electrons.